The number of ether oxygens (including phenoxy) is 1. The Bertz CT molecular complexity index is 714. The third-order valence-electron chi connectivity index (χ3n) is 3.91. The van der Waals surface area contributed by atoms with E-state index in [1.54, 1.807) is 25.1 Å². The number of likely N-dealkylation sites (tertiary alicyclic amines) is 1. The van der Waals surface area contributed by atoms with Gasteiger partial charge >= 0.3 is 0 Å². The van der Waals surface area contributed by atoms with Crippen molar-refractivity contribution in [3.8, 4) is 5.75 Å². The monoisotopic (exact) mass is 331 g/mol. The molecule has 0 saturated carbocycles. The molecule has 126 valence electrons. The van der Waals surface area contributed by atoms with E-state index in [-0.39, 0.29) is 49.4 Å². The third kappa shape index (κ3) is 3.22. The van der Waals surface area contributed by atoms with Gasteiger partial charge < -0.3 is 15.4 Å². The SMILES string of the molecule is CC1Oc2ccc(NC(=O)CCN3C(=O)CCC3=O)cc2NC1=O. The minimum atomic E-state index is -0.562. The summed E-state index contributed by atoms with van der Waals surface area (Å²) >= 11 is 0. The second kappa shape index (κ2) is 6.31. The van der Waals surface area contributed by atoms with Crippen molar-refractivity contribution in [2.75, 3.05) is 17.2 Å². The molecule has 2 aliphatic rings. The molecule has 1 aromatic rings. The van der Waals surface area contributed by atoms with Gasteiger partial charge in [0.2, 0.25) is 17.7 Å². The summed E-state index contributed by atoms with van der Waals surface area (Å²) in [6.07, 6.45) is -0.116. The predicted octanol–water partition coefficient (Wildman–Crippen LogP) is 0.884. The molecule has 0 bridgehead atoms. The predicted molar refractivity (Wildman–Crippen MR) is 84.4 cm³/mol. The lowest BCUT2D eigenvalue weighted by atomic mass is 10.2. The van der Waals surface area contributed by atoms with Crippen LogP contribution in [0.2, 0.25) is 0 Å². The number of hydrogen-bond donors (Lipinski definition) is 2. The van der Waals surface area contributed by atoms with Crippen LogP contribution in [0.25, 0.3) is 0 Å². The van der Waals surface area contributed by atoms with Crippen LogP contribution in [0.5, 0.6) is 5.75 Å². The van der Waals surface area contributed by atoms with Crippen molar-refractivity contribution in [3.63, 3.8) is 0 Å². The molecule has 1 atom stereocenters. The molecular formula is C16H17N3O5. The van der Waals surface area contributed by atoms with Gasteiger partial charge in [-0.15, -0.1) is 0 Å². The zero-order chi connectivity index (χ0) is 17.3. The quantitative estimate of drug-likeness (QED) is 0.797. The number of rotatable bonds is 4. The summed E-state index contributed by atoms with van der Waals surface area (Å²) in [5, 5.41) is 5.38. The lowest BCUT2D eigenvalue weighted by Crippen LogP contribution is -2.34. The van der Waals surface area contributed by atoms with Crippen molar-refractivity contribution < 1.29 is 23.9 Å². The van der Waals surface area contributed by atoms with E-state index in [2.05, 4.69) is 10.6 Å². The Hall–Kier alpha value is -2.90. The summed E-state index contributed by atoms with van der Waals surface area (Å²) in [7, 11) is 0. The van der Waals surface area contributed by atoms with Gasteiger partial charge in [-0.1, -0.05) is 0 Å². The standard InChI is InChI=1S/C16H17N3O5/c1-9-16(23)18-11-8-10(2-3-12(11)24-9)17-13(20)6-7-19-14(21)4-5-15(19)22/h2-3,8-9H,4-7H2,1H3,(H,17,20)(H,18,23). The maximum atomic E-state index is 12.0. The highest BCUT2D eigenvalue weighted by Gasteiger charge is 2.29. The Kier molecular flexibility index (Phi) is 4.20. The van der Waals surface area contributed by atoms with E-state index in [4.69, 9.17) is 4.74 Å². The van der Waals surface area contributed by atoms with Crippen LogP contribution in [0, 0.1) is 0 Å². The summed E-state index contributed by atoms with van der Waals surface area (Å²) in [4.78, 5) is 47.7. The number of carbonyl (C=O) groups excluding carboxylic acids is 4. The number of amides is 4. The molecule has 2 N–H and O–H groups in total. The summed E-state index contributed by atoms with van der Waals surface area (Å²) in [6, 6.07) is 4.92. The molecule has 1 saturated heterocycles. The largest absolute Gasteiger partial charge is 0.479 e. The normalized spacial score (nSPS) is 19.6. The number of anilines is 2. The van der Waals surface area contributed by atoms with E-state index in [9.17, 15) is 19.2 Å². The van der Waals surface area contributed by atoms with Crippen molar-refractivity contribution in [2.45, 2.75) is 32.3 Å². The Morgan fingerprint density at radius 2 is 2.00 bits per heavy atom. The molecule has 2 heterocycles. The van der Waals surface area contributed by atoms with Crippen LogP contribution in [-0.4, -0.2) is 41.2 Å². The molecule has 3 rings (SSSR count). The van der Waals surface area contributed by atoms with Gasteiger partial charge in [-0.3, -0.25) is 24.1 Å². The summed E-state index contributed by atoms with van der Waals surface area (Å²) in [5.41, 5.74) is 0.983. The Morgan fingerprint density at radius 3 is 2.71 bits per heavy atom. The molecule has 0 spiro atoms. The van der Waals surface area contributed by atoms with E-state index >= 15 is 0 Å². The first-order valence-corrected chi connectivity index (χ1v) is 7.68. The van der Waals surface area contributed by atoms with Crippen LogP contribution in [0.15, 0.2) is 18.2 Å². The second-order valence-corrected chi connectivity index (χ2v) is 5.70. The lowest BCUT2D eigenvalue weighted by molar-refractivity contribution is -0.138. The van der Waals surface area contributed by atoms with Crippen LogP contribution in [0.1, 0.15) is 26.2 Å². The maximum Gasteiger partial charge on any atom is 0.265 e. The first-order valence-electron chi connectivity index (χ1n) is 7.68. The van der Waals surface area contributed by atoms with Gasteiger partial charge in [0, 0.05) is 31.5 Å². The maximum absolute atomic E-state index is 12.0. The molecule has 1 aromatic carbocycles. The molecule has 4 amide bonds. The molecule has 24 heavy (non-hydrogen) atoms. The average molecular weight is 331 g/mol. The van der Waals surface area contributed by atoms with Gasteiger partial charge in [-0.25, -0.2) is 0 Å². The van der Waals surface area contributed by atoms with Crippen molar-refractivity contribution in [1.29, 1.82) is 0 Å². The first kappa shape index (κ1) is 16.0. The number of nitrogens with one attached hydrogen (secondary N) is 2. The van der Waals surface area contributed by atoms with Gasteiger partial charge in [0.05, 0.1) is 5.69 Å². The molecule has 8 nitrogen and oxygen atoms in total. The minimum absolute atomic E-state index is 0.0223. The molecular weight excluding hydrogens is 314 g/mol. The van der Waals surface area contributed by atoms with Gasteiger partial charge in [0.25, 0.3) is 5.91 Å². The second-order valence-electron chi connectivity index (χ2n) is 5.70. The molecule has 0 radical (unpaired) electrons. The third-order valence-corrected chi connectivity index (χ3v) is 3.91. The van der Waals surface area contributed by atoms with Crippen molar-refractivity contribution in [1.82, 2.24) is 4.90 Å². The van der Waals surface area contributed by atoms with Gasteiger partial charge in [0.15, 0.2) is 6.10 Å². The molecule has 0 aliphatic carbocycles. The van der Waals surface area contributed by atoms with Crippen LogP contribution in [0.3, 0.4) is 0 Å². The number of hydrogen-bond acceptors (Lipinski definition) is 5. The fourth-order valence-corrected chi connectivity index (χ4v) is 2.60. The smallest absolute Gasteiger partial charge is 0.265 e. The van der Waals surface area contributed by atoms with E-state index in [1.807, 2.05) is 0 Å². The van der Waals surface area contributed by atoms with Crippen LogP contribution >= 0.6 is 0 Å². The highest BCUT2D eigenvalue weighted by atomic mass is 16.5. The summed E-state index contributed by atoms with van der Waals surface area (Å²) < 4.78 is 5.44. The van der Waals surface area contributed by atoms with E-state index in [1.165, 1.54) is 0 Å². The first-order chi connectivity index (χ1) is 11.4. The molecule has 2 aliphatic heterocycles. The van der Waals surface area contributed by atoms with Gasteiger partial charge in [0.1, 0.15) is 5.75 Å². The Labute approximate surface area is 138 Å². The molecule has 1 fully saturated rings. The average Bonchev–Trinajstić information content (AvgIpc) is 2.85. The Morgan fingerprint density at radius 1 is 1.29 bits per heavy atom. The molecule has 0 aromatic heterocycles. The Balaban J connectivity index is 1.59. The van der Waals surface area contributed by atoms with Crippen LogP contribution in [-0.2, 0) is 19.2 Å². The lowest BCUT2D eigenvalue weighted by Gasteiger charge is -2.23. The fraction of sp³-hybridized carbons (Fsp3) is 0.375. The zero-order valence-electron chi connectivity index (χ0n) is 13.1. The topological polar surface area (TPSA) is 105 Å². The molecule has 1 unspecified atom stereocenters. The van der Waals surface area contributed by atoms with Crippen LogP contribution in [0.4, 0.5) is 11.4 Å². The summed E-state index contributed by atoms with van der Waals surface area (Å²) in [5.74, 6) is -0.518. The minimum Gasteiger partial charge on any atom is -0.479 e. The van der Waals surface area contributed by atoms with E-state index < -0.39 is 6.10 Å². The highest BCUT2D eigenvalue weighted by Crippen LogP contribution is 2.32. The number of imide groups is 1. The van der Waals surface area contributed by atoms with Crippen LogP contribution < -0.4 is 15.4 Å². The van der Waals surface area contributed by atoms with E-state index in [0.717, 1.165) is 4.90 Å². The van der Waals surface area contributed by atoms with Gasteiger partial charge in [-0.05, 0) is 25.1 Å². The summed E-state index contributed by atoms with van der Waals surface area (Å²) in [6.45, 7) is 1.72. The van der Waals surface area contributed by atoms with Crippen molar-refractivity contribution in [2.24, 2.45) is 0 Å². The molecule has 8 heteroatoms. The van der Waals surface area contributed by atoms with Crippen molar-refractivity contribution >= 4 is 35.0 Å². The number of carbonyl (C=O) groups is 4. The number of nitrogens with zero attached hydrogens (tertiary/aromatic N) is 1. The fourth-order valence-electron chi connectivity index (χ4n) is 2.60. The number of fused-ring (bicyclic) bond motifs is 1. The van der Waals surface area contributed by atoms with Gasteiger partial charge in [-0.2, -0.15) is 0 Å². The van der Waals surface area contributed by atoms with Crippen molar-refractivity contribution in [3.05, 3.63) is 18.2 Å². The zero-order valence-corrected chi connectivity index (χ0v) is 13.1. The number of benzene rings is 1. The van der Waals surface area contributed by atoms with E-state index in [0.29, 0.717) is 17.1 Å². The highest BCUT2D eigenvalue weighted by molar-refractivity contribution is 6.02.